The first-order chi connectivity index (χ1) is 9.63. The van der Waals surface area contributed by atoms with Gasteiger partial charge in [-0.1, -0.05) is 30.3 Å². The number of hydrogen-bond acceptors (Lipinski definition) is 4. The zero-order valence-corrected chi connectivity index (χ0v) is 11.8. The molecular weight excluding hydrogens is 276 g/mol. The minimum absolute atomic E-state index is 0.110. The van der Waals surface area contributed by atoms with Gasteiger partial charge in [0, 0.05) is 18.3 Å². The Kier molecular flexibility index (Phi) is 4.90. The van der Waals surface area contributed by atoms with Crippen LogP contribution in [0.1, 0.15) is 11.3 Å². The molecule has 0 aliphatic heterocycles. The molecule has 0 radical (unpaired) electrons. The van der Waals surface area contributed by atoms with Crippen LogP contribution in [0.15, 0.2) is 36.4 Å². The number of halogens is 1. The molecule has 2 rings (SSSR count). The van der Waals surface area contributed by atoms with Gasteiger partial charge >= 0.3 is 0 Å². The Morgan fingerprint density at radius 1 is 1.25 bits per heavy atom. The van der Waals surface area contributed by atoms with Crippen molar-refractivity contribution >= 4 is 23.3 Å². The van der Waals surface area contributed by atoms with Crippen molar-refractivity contribution in [3.8, 4) is 0 Å². The minimum atomic E-state index is -0.110. The van der Waals surface area contributed by atoms with Crippen LogP contribution in [0, 0.1) is 6.92 Å². The Hall–Kier alpha value is -2.14. The fraction of sp³-hybridized carbons (Fsp3) is 0.214. The highest BCUT2D eigenvalue weighted by Gasteiger charge is 2.03. The molecule has 2 aromatic rings. The molecule has 0 atom stereocenters. The van der Waals surface area contributed by atoms with Crippen molar-refractivity contribution in [1.29, 1.82) is 0 Å². The quantitative estimate of drug-likeness (QED) is 0.828. The number of amides is 1. The SMILES string of the molecule is Cc1cc(NCC(=O)NCc2ccccc2)nc(Cl)n1. The topological polar surface area (TPSA) is 66.9 Å². The number of carbonyl (C=O) groups excluding carboxylic acids is 1. The molecule has 0 fully saturated rings. The Morgan fingerprint density at radius 2 is 2.00 bits per heavy atom. The first-order valence-corrected chi connectivity index (χ1v) is 6.57. The van der Waals surface area contributed by atoms with Gasteiger partial charge in [-0.15, -0.1) is 0 Å². The second kappa shape index (κ2) is 6.86. The zero-order chi connectivity index (χ0) is 14.4. The van der Waals surface area contributed by atoms with E-state index in [9.17, 15) is 4.79 Å². The van der Waals surface area contributed by atoms with Crippen LogP contribution in [0.4, 0.5) is 5.82 Å². The Balaban J connectivity index is 1.80. The summed E-state index contributed by atoms with van der Waals surface area (Å²) in [6.07, 6.45) is 0. The molecule has 0 aliphatic rings. The number of benzene rings is 1. The lowest BCUT2D eigenvalue weighted by atomic mass is 10.2. The molecule has 1 heterocycles. The van der Waals surface area contributed by atoms with Crippen LogP contribution < -0.4 is 10.6 Å². The molecule has 104 valence electrons. The Labute approximate surface area is 122 Å². The van der Waals surface area contributed by atoms with E-state index < -0.39 is 0 Å². The lowest BCUT2D eigenvalue weighted by molar-refractivity contribution is -0.119. The maximum Gasteiger partial charge on any atom is 0.239 e. The molecule has 0 unspecified atom stereocenters. The summed E-state index contributed by atoms with van der Waals surface area (Å²) in [5, 5.41) is 5.90. The summed E-state index contributed by atoms with van der Waals surface area (Å²) in [7, 11) is 0. The number of hydrogen-bond donors (Lipinski definition) is 2. The molecule has 0 aliphatic carbocycles. The second-order valence-electron chi connectivity index (χ2n) is 4.28. The lowest BCUT2D eigenvalue weighted by Crippen LogP contribution is -2.29. The molecule has 0 saturated carbocycles. The number of nitrogens with one attached hydrogen (secondary N) is 2. The molecule has 0 saturated heterocycles. The highest BCUT2D eigenvalue weighted by Crippen LogP contribution is 2.09. The van der Waals surface area contributed by atoms with Crippen molar-refractivity contribution in [3.63, 3.8) is 0 Å². The number of aromatic nitrogens is 2. The van der Waals surface area contributed by atoms with E-state index in [4.69, 9.17) is 11.6 Å². The van der Waals surface area contributed by atoms with Crippen molar-refractivity contribution in [3.05, 3.63) is 52.9 Å². The smallest absolute Gasteiger partial charge is 0.239 e. The summed E-state index contributed by atoms with van der Waals surface area (Å²) >= 11 is 5.74. The third-order valence-corrected chi connectivity index (χ3v) is 2.76. The molecule has 0 spiro atoms. The van der Waals surface area contributed by atoms with Crippen LogP contribution in [0.2, 0.25) is 5.28 Å². The van der Waals surface area contributed by atoms with Crippen LogP contribution in [0.5, 0.6) is 0 Å². The third kappa shape index (κ3) is 4.51. The van der Waals surface area contributed by atoms with Gasteiger partial charge in [-0.05, 0) is 24.1 Å². The normalized spacial score (nSPS) is 10.1. The van der Waals surface area contributed by atoms with Crippen molar-refractivity contribution in [2.24, 2.45) is 0 Å². The summed E-state index contributed by atoms with van der Waals surface area (Å²) in [4.78, 5) is 19.6. The largest absolute Gasteiger partial charge is 0.361 e. The highest BCUT2D eigenvalue weighted by atomic mass is 35.5. The van der Waals surface area contributed by atoms with Gasteiger partial charge in [0.25, 0.3) is 0 Å². The molecule has 5 nitrogen and oxygen atoms in total. The van der Waals surface area contributed by atoms with Gasteiger partial charge in [-0.2, -0.15) is 0 Å². The number of carbonyl (C=O) groups is 1. The molecular formula is C14H15ClN4O. The van der Waals surface area contributed by atoms with E-state index in [1.165, 1.54) is 0 Å². The summed E-state index contributed by atoms with van der Waals surface area (Å²) in [6.45, 7) is 2.46. The molecule has 1 aromatic carbocycles. The van der Waals surface area contributed by atoms with Crippen LogP contribution in [-0.2, 0) is 11.3 Å². The van der Waals surface area contributed by atoms with Gasteiger partial charge in [-0.3, -0.25) is 4.79 Å². The van der Waals surface area contributed by atoms with Crippen molar-refractivity contribution in [1.82, 2.24) is 15.3 Å². The number of aryl methyl sites for hydroxylation is 1. The first-order valence-electron chi connectivity index (χ1n) is 6.19. The third-order valence-electron chi connectivity index (χ3n) is 2.59. The van der Waals surface area contributed by atoms with Gasteiger partial charge in [-0.25, -0.2) is 9.97 Å². The monoisotopic (exact) mass is 290 g/mol. The number of nitrogens with zero attached hydrogens (tertiary/aromatic N) is 2. The van der Waals surface area contributed by atoms with Crippen LogP contribution in [0.3, 0.4) is 0 Å². The van der Waals surface area contributed by atoms with E-state index in [2.05, 4.69) is 20.6 Å². The average Bonchev–Trinajstić information content (AvgIpc) is 2.43. The predicted octanol–water partition coefficient (Wildman–Crippen LogP) is 2.17. The molecule has 1 aromatic heterocycles. The molecule has 1 amide bonds. The van der Waals surface area contributed by atoms with Gasteiger partial charge < -0.3 is 10.6 Å². The maximum absolute atomic E-state index is 11.7. The second-order valence-corrected chi connectivity index (χ2v) is 4.62. The zero-order valence-electron chi connectivity index (χ0n) is 11.1. The van der Waals surface area contributed by atoms with E-state index in [0.717, 1.165) is 11.3 Å². The number of anilines is 1. The molecule has 2 N–H and O–H groups in total. The standard InChI is InChI=1S/C14H15ClN4O/c1-10-7-12(19-14(15)18-10)16-9-13(20)17-8-11-5-3-2-4-6-11/h2-7H,8-9H2,1H3,(H,17,20)(H,16,18,19). The van der Waals surface area contributed by atoms with Crippen molar-refractivity contribution in [2.75, 3.05) is 11.9 Å². The predicted molar refractivity (Wildman–Crippen MR) is 78.6 cm³/mol. The first kappa shape index (κ1) is 14.3. The van der Waals surface area contributed by atoms with E-state index in [1.54, 1.807) is 6.07 Å². The molecule has 0 bridgehead atoms. The van der Waals surface area contributed by atoms with Gasteiger partial charge in [0.15, 0.2) is 0 Å². The minimum Gasteiger partial charge on any atom is -0.361 e. The van der Waals surface area contributed by atoms with Gasteiger partial charge in [0.05, 0.1) is 6.54 Å². The van der Waals surface area contributed by atoms with E-state index in [0.29, 0.717) is 12.4 Å². The van der Waals surface area contributed by atoms with E-state index in [-0.39, 0.29) is 17.7 Å². The molecule has 6 heteroatoms. The fourth-order valence-corrected chi connectivity index (χ4v) is 1.88. The Morgan fingerprint density at radius 3 is 2.70 bits per heavy atom. The van der Waals surface area contributed by atoms with Gasteiger partial charge in [0.1, 0.15) is 5.82 Å². The summed E-state index contributed by atoms with van der Waals surface area (Å²) < 4.78 is 0. The fourth-order valence-electron chi connectivity index (χ4n) is 1.65. The van der Waals surface area contributed by atoms with Crippen molar-refractivity contribution < 1.29 is 4.79 Å². The maximum atomic E-state index is 11.7. The number of rotatable bonds is 5. The summed E-state index contributed by atoms with van der Waals surface area (Å²) in [5.41, 5.74) is 1.80. The van der Waals surface area contributed by atoms with Crippen LogP contribution >= 0.6 is 11.6 Å². The summed E-state index contributed by atoms with van der Waals surface area (Å²) in [6, 6.07) is 11.5. The van der Waals surface area contributed by atoms with E-state index in [1.807, 2.05) is 37.3 Å². The van der Waals surface area contributed by atoms with E-state index >= 15 is 0 Å². The van der Waals surface area contributed by atoms with Crippen molar-refractivity contribution in [2.45, 2.75) is 13.5 Å². The van der Waals surface area contributed by atoms with Crippen LogP contribution in [-0.4, -0.2) is 22.4 Å². The average molecular weight is 291 g/mol. The van der Waals surface area contributed by atoms with Crippen LogP contribution in [0.25, 0.3) is 0 Å². The highest BCUT2D eigenvalue weighted by molar-refractivity contribution is 6.28. The summed E-state index contributed by atoms with van der Waals surface area (Å²) in [5.74, 6) is 0.429. The molecule has 20 heavy (non-hydrogen) atoms. The Bertz CT molecular complexity index is 569. The van der Waals surface area contributed by atoms with Gasteiger partial charge in [0.2, 0.25) is 11.2 Å². The lowest BCUT2D eigenvalue weighted by Gasteiger charge is -2.08.